The maximum atomic E-state index is 13.0. The van der Waals surface area contributed by atoms with Crippen LogP contribution in [0.4, 0.5) is 0 Å². The van der Waals surface area contributed by atoms with Gasteiger partial charge in [-0.1, -0.05) is 42.8 Å². The minimum Gasteiger partial charge on any atom is -0.507 e. The van der Waals surface area contributed by atoms with Gasteiger partial charge in [0.15, 0.2) is 0 Å². The van der Waals surface area contributed by atoms with Gasteiger partial charge in [0, 0.05) is 25.8 Å². The Morgan fingerprint density at radius 2 is 1.84 bits per heavy atom. The fourth-order valence-corrected chi connectivity index (χ4v) is 4.08. The minimum atomic E-state index is -0.713. The average Bonchev–Trinajstić information content (AvgIpc) is 3.05. The van der Waals surface area contributed by atoms with Crippen molar-refractivity contribution in [3.8, 4) is 5.75 Å². The van der Waals surface area contributed by atoms with Crippen LogP contribution < -0.4 is 4.74 Å². The molecule has 2 aromatic carbocycles. The van der Waals surface area contributed by atoms with Gasteiger partial charge in [-0.25, -0.2) is 0 Å². The van der Waals surface area contributed by atoms with Gasteiger partial charge in [0.2, 0.25) is 0 Å². The highest BCUT2D eigenvalue weighted by Crippen LogP contribution is 2.40. The molecule has 6 nitrogen and oxygen atoms in total. The highest BCUT2D eigenvalue weighted by atomic mass is 35.5. The lowest BCUT2D eigenvalue weighted by Crippen LogP contribution is -2.31. The van der Waals surface area contributed by atoms with E-state index in [1.54, 1.807) is 19.2 Å². The summed E-state index contributed by atoms with van der Waals surface area (Å²) in [6.45, 7) is 5.14. The van der Waals surface area contributed by atoms with E-state index < -0.39 is 17.7 Å². The second-order valence-electron chi connectivity index (χ2n) is 7.51. The molecule has 1 heterocycles. The van der Waals surface area contributed by atoms with Crippen molar-refractivity contribution < 1.29 is 24.2 Å². The third-order valence-electron chi connectivity index (χ3n) is 5.50. The van der Waals surface area contributed by atoms with Gasteiger partial charge >= 0.3 is 0 Å². The van der Waals surface area contributed by atoms with Gasteiger partial charge in [0.05, 0.1) is 23.2 Å². The molecule has 7 heteroatoms. The summed E-state index contributed by atoms with van der Waals surface area (Å²) >= 11 is 6.29. The van der Waals surface area contributed by atoms with Gasteiger partial charge in [-0.2, -0.15) is 0 Å². The van der Waals surface area contributed by atoms with Gasteiger partial charge in [0.1, 0.15) is 11.5 Å². The Morgan fingerprint density at radius 1 is 1.12 bits per heavy atom. The highest BCUT2D eigenvalue weighted by Gasteiger charge is 2.45. The summed E-state index contributed by atoms with van der Waals surface area (Å²) in [6.07, 6.45) is 1.45. The predicted octanol–water partition coefficient (Wildman–Crippen LogP) is 4.76. The number of methoxy groups -OCH3 is 1. The van der Waals surface area contributed by atoms with Crippen LogP contribution in [0.2, 0.25) is 5.02 Å². The van der Waals surface area contributed by atoms with Crippen LogP contribution in [0.15, 0.2) is 48.0 Å². The number of carbonyl (C=O) groups is 2. The molecule has 0 saturated carbocycles. The first-order valence-corrected chi connectivity index (χ1v) is 11.1. The maximum Gasteiger partial charge on any atom is 0.295 e. The molecule has 0 aromatic heterocycles. The lowest BCUT2D eigenvalue weighted by molar-refractivity contribution is -0.140. The number of amides is 1. The normalized spacial score (nSPS) is 17.8. The molecule has 1 aliphatic rings. The SMILES string of the molecule is CCOc1ccc(/C(O)=C2/C(=O)C(=O)N(CCCOC)C2c2ccc(CC)cc2)cc1Cl. The number of Topliss-reactive ketones (excluding diaryl/α,β-unsaturated/α-hetero) is 1. The number of ether oxygens (including phenoxy) is 2. The molecule has 1 aliphatic heterocycles. The first kappa shape index (κ1) is 23.8. The number of carbonyl (C=O) groups excluding carboxylic acids is 2. The largest absolute Gasteiger partial charge is 0.507 e. The van der Waals surface area contributed by atoms with E-state index in [2.05, 4.69) is 6.92 Å². The summed E-state index contributed by atoms with van der Waals surface area (Å²) in [7, 11) is 1.59. The lowest BCUT2D eigenvalue weighted by Gasteiger charge is -2.25. The number of benzene rings is 2. The number of aliphatic hydroxyl groups is 1. The van der Waals surface area contributed by atoms with Gasteiger partial charge in [-0.3, -0.25) is 9.59 Å². The first-order chi connectivity index (χ1) is 15.4. The fraction of sp³-hybridized carbons (Fsp3) is 0.360. The smallest absolute Gasteiger partial charge is 0.295 e. The zero-order chi connectivity index (χ0) is 23.3. The number of likely N-dealkylation sites (tertiary alicyclic amines) is 1. The molecule has 0 radical (unpaired) electrons. The average molecular weight is 458 g/mol. The van der Waals surface area contributed by atoms with E-state index in [-0.39, 0.29) is 11.3 Å². The van der Waals surface area contributed by atoms with E-state index in [4.69, 9.17) is 21.1 Å². The van der Waals surface area contributed by atoms with Crippen LogP contribution >= 0.6 is 11.6 Å². The fourth-order valence-electron chi connectivity index (χ4n) is 3.85. The van der Waals surface area contributed by atoms with Crippen LogP contribution in [-0.4, -0.2) is 48.6 Å². The van der Waals surface area contributed by atoms with Crippen molar-refractivity contribution >= 4 is 29.1 Å². The minimum absolute atomic E-state index is 0.0527. The molecular weight excluding hydrogens is 430 g/mol. The second kappa shape index (κ2) is 10.7. The van der Waals surface area contributed by atoms with Crippen molar-refractivity contribution in [3.63, 3.8) is 0 Å². The summed E-state index contributed by atoms with van der Waals surface area (Å²) in [6, 6.07) is 11.9. The number of rotatable bonds is 9. The van der Waals surface area contributed by atoms with E-state index in [0.717, 1.165) is 17.5 Å². The van der Waals surface area contributed by atoms with E-state index in [9.17, 15) is 14.7 Å². The second-order valence-corrected chi connectivity index (χ2v) is 7.92. The van der Waals surface area contributed by atoms with Crippen LogP contribution in [0, 0.1) is 0 Å². The van der Waals surface area contributed by atoms with Gasteiger partial charge in [-0.05, 0) is 49.1 Å². The third-order valence-corrected chi connectivity index (χ3v) is 5.79. The van der Waals surface area contributed by atoms with Crippen LogP contribution in [0.25, 0.3) is 5.76 Å². The van der Waals surface area contributed by atoms with Crippen molar-refractivity contribution in [2.75, 3.05) is 26.9 Å². The molecule has 0 aliphatic carbocycles. The zero-order valence-electron chi connectivity index (χ0n) is 18.6. The highest BCUT2D eigenvalue weighted by molar-refractivity contribution is 6.46. The molecule has 1 N–H and O–H groups in total. The van der Waals surface area contributed by atoms with Gasteiger partial charge in [-0.15, -0.1) is 0 Å². The maximum absolute atomic E-state index is 13.0. The first-order valence-electron chi connectivity index (χ1n) is 10.7. The zero-order valence-corrected chi connectivity index (χ0v) is 19.3. The molecule has 1 amide bonds. The standard InChI is InChI=1S/C25H28ClNO5/c1-4-16-7-9-17(10-8-16)22-21(24(29)25(30)27(22)13-6-14-31-3)23(28)18-11-12-20(32-5-2)19(26)15-18/h7-12,15,22,28H,4-6,13-14H2,1-3H3/b23-21-. The monoisotopic (exact) mass is 457 g/mol. The van der Waals surface area contributed by atoms with Crippen molar-refractivity contribution in [2.24, 2.45) is 0 Å². The van der Waals surface area contributed by atoms with E-state index in [1.165, 1.54) is 11.0 Å². The van der Waals surface area contributed by atoms with Crippen molar-refractivity contribution in [3.05, 3.63) is 69.8 Å². The Labute approximate surface area is 193 Å². The summed E-state index contributed by atoms with van der Waals surface area (Å²) in [5.41, 5.74) is 2.31. The molecule has 1 atom stereocenters. The van der Waals surface area contributed by atoms with Crippen molar-refractivity contribution in [1.29, 1.82) is 0 Å². The Hall–Kier alpha value is -2.83. The Morgan fingerprint density at radius 3 is 2.44 bits per heavy atom. The van der Waals surface area contributed by atoms with Crippen LogP contribution in [0.3, 0.4) is 0 Å². The Balaban J connectivity index is 2.10. The number of aryl methyl sites for hydroxylation is 1. The topological polar surface area (TPSA) is 76.1 Å². The number of hydrogen-bond acceptors (Lipinski definition) is 5. The number of aliphatic hydroxyl groups excluding tert-OH is 1. The number of nitrogens with zero attached hydrogens (tertiary/aromatic N) is 1. The third kappa shape index (κ3) is 4.81. The van der Waals surface area contributed by atoms with E-state index >= 15 is 0 Å². The summed E-state index contributed by atoms with van der Waals surface area (Å²) in [5.74, 6) is -1.12. The quantitative estimate of drug-likeness (QED) is 0.254. The van der Waals surface area contributed by atoms with Crippen LogP contribution in [0.5, 0.6) is 5.75 Å². The molecule has 0 spiro atoms. The molecule has 32 heavy (non-hydrogen) atoms. The molecule has 1 fully saturated rings. The predicted molar refractivity (Wildman–Crippen MR) is 124 cm³/mol. The lowest BCUT2D eigenvalue weighted by atomic mass is 9.94. The summed E-state index contributed by atoms with van der Waals surface area (Å²) in [4.78, 5) is 27.4. The summed E-state index contributed by atoms with van der Waals surface area (Å²) in [5, 5.41) is 11.4. The molecule has 2 aromatic rings. The van der Waals surface area contributed by atoms with Crippen molar-refractivity contribution in [2.45, 2.75) is 32.7 Å². The Kier molecular flexibility index (Phi) is 7.94. The number of halogens is 1. The van der Waals surface area contributed by atoms with Gasteiger partial charge in [0.25, 0.3) is 11.7 Å². The molecule has 1 unspecified atom stereocenters. The Bertz CT molecular complexity index is 1020. The summed E-state index contributed by atoms with van der Waals surface area (Å²) < 4.78 is 10.6. The van der Waals surface area contributed by atoms with Crippen molar-refractivity contribution in [1.82, 2.24) is 4.90 Å². The van der Waals surface area contributed by atoms with E-state index in [1.807, 2.05) is 31.2 Å². The molecule has 170 valence electrons. The van der Waals surface area contributed by atoms with E-state index in [0.29, 0.717) is 42.5 Å². The van der Waals surface area contributed by atoms with Crippen LogP contribution in [0.1, 0.15) is 43.0 Å². The molecule has 1 saturated heterocycles. The molecule has 0 bridgehead atoms. The number of hydrogen-bond donors (Lipinski definition) is 1. The van der Waals surface area contributed by atoms with Crippen LogP contribution in [-0.2, 0) is 20.7 Å². The number of ketones is 1. The molecular formula is C25H28ClNO5. The van der Waals surface area contributed by atoms with Gasteiger partial charge < -0.3 is 19.5 Å². The molecule has 3 rings (SSSR count).